The first kappa shape index (κ1) is 29.5. The topological polar surface area (TPSA) is 97.0 Å². The average Bonchev–Trinajstić information content (AvgIpc) is 3.40. The molecule has 8 nitrogen and oxygen atoms in total. The van der Waals surface area contributed by atoms with E-state index >= 15 is 0 Å². The van der Waals surface area contributed by atoms with Gasteiger partial charge in [0.2, 0.25) is 0 Å². The zero-order valence-electron chi connectivity index (χ0n) is 24.5. The van der Waals surface area contributed by atoms with Crippen LogP contribution in [-0.2, 0) is 18.1 Å². The Balaban J connectivity index is 1.47. The highest BCUT2D eigenvalue weighted by Gasteiger charge is 2.40. The molecular weight excluding hydrogens is 519 g/mol. The molecule has 0 radical (unpaired) electrons. The van der Waals surface area contributed by atoms with Crippen molar-refractivity contribution in [3.63, 3.8) is 0 Å². The number of hydrogen-bond acceptors (Lipinski definition) is 6. The summed E-state index contributed by atoms with van der Waals surface area (Å²) in [6.45, 7) is 10.6. The van der Waals surface area contributed by atoms with Gasteiger partial charge in [-0.05, 0) is 48.7 Å². The van der Waals surface area contributed by atoms with Crippen molar-refractivity contribution >= 4 is 34.6 Å². The Morgan fingerprint density at radius 3 is 2.25 bits per heavy atom. The summed E-state index contributed by atoms with van der Waals surface area (Å²) >= 11 is 0. The number of aryl methyl sites for hydroxylation is 1. The van der Waals surface area contributed by atoms with Crippen LogP contribution in [0.4, 0.5) is 0 Å². The van der Waals surface area contributed by atoms with Gasteiger partial charge in [0.05, 0.1) is 29.4 Å². The summed E-state index contributed by atoms with van der Waals surface area (Å²) in [5, 5.41) is -0.130. The van der Waals surface area contributed by atoms with Crippen LogP contribution >= 0.6 is 0 Å². The number of imide groups is 1. The van der Waals surface area contributed by atoms with E-state index in [0.717, 1.165) is 29.1 Å². The van der Waals surface area contributed by atoms with Crippen molar-refractivity contribution in [1.82, 2.24) is 14.5 Å². The largest absolute Gasteiger partial charge is 0.560 e. The fourth-order valence-electron chi connectivity index (χ4n) is 5.19. The second kappa shape index (κ2) is 11.5. The minimum absolute atomic E-state index is 0.130. The molecule has 1 aliphatic rings. The second-order valence-corrected chi connectivity index (χ2v) is 16.4. The standard InChI is InChI=1S/C30H39BN4O4Si/c1-20(16-30(2,3)40(5,6)38)27-33-26(18-34(27)4)22-13-11-21(12-14-22)15-23(32-19-39-31)17-35-28(36)24-9-7-8-10-25(24)29(35)37/h7-14,18-20,23,38H,15-17,31H2,1-6H3. The molecule has 0 fully saturated rings. The van der Waals surface area contributed by atoms with Crippen LogP contribution in [0.15, 0.2) is 59.7 Å². The number of imidazole rings is 1. The number of aliphatic imine (C=N–C) groups is 1. The van der Waals surface area contributed by atoms with Crippen LogP contribution in [0.5, 0.6) is 0 Å². The highest BCUT2D eigenvalue weighted by molar-refractivity contribution is 6.72. The molecular formula is C30H39BN4O4Si. The molecule has 10 heteroatoms. The molecule has 1 N–H and O–H groups in total. The molecule has 2 heterocycles. The molecule has 2 amide bonds. The average molecular weight is 559 g/mol. The van der Waals surface area contributed by atoms with Gasteiger partial charge >= 0.3 is 8.05 Å². The molecule has 0 saturated heterocycles. The van der Waals surface area contributed by atoms with Gasteiger partial charge < -0.3 is 14.0 Å². The lowest BCUT2D eigenvalue weighted by Gasteiger charge is -2.36. The van der Waals surface area contributed by atoms with Gasteiger partial charge in [-0.3, -0.25) is 19.5 Å². The Kier molecular flexibility index (Phi) is 8.51. The first-order valence-electron chi connectivity index (χ1n) is 13.7. The number of carbonyl (C=O) groups is 2. The quantitative estimate of drug-likeness (QED) is 0.163. The molecule has 210 valence electrons. The van der Waals surface area contributed by atoms with Gasteiger partial charge in [0, 0.05) is 24.7 Å². The van der Waals surface area contributed by atoms with Crippen LogP contribution in [0.25, 0.3) is 11.3 Å². The van der Waals surface area contributed by atoms with Gasteiger partial charge in [0.25, 0.3) is 11.8 Å². The van der Waals surface area contributed by atoms with E-state index in [1.54, 1.807) is 24.3 Å². The van der Waals surface area contributed by atoms with E-state index < -0.39 is 8.32 Å². The SMILES string of the molecule is BOC=NC(Cc1ccc(-c2cn(C)c(C(C)CC(C)(C)[Si](C)(C)O)n2)cc1)CN1C(=O)c2ccccc2C1=O. The third-order valence-corrected chi connectivity index (χ3v) is 11.7. The predicted molar refractivity (Wildman–Crippen MR) is 163 cm³/mol. The summed E-state index contributed by atoms with van der Waals surface area (Å²) in [7, 11) is 1.22. The summed E-state index contributed by atoms with van der Waals surface area (Å²) in [5.41, 5.74) is 3.79. The van der Waals surface area contributed by atoms with Gasteiger partial charge in [-0.1, -0.05) is 57.2 Å². The fraction of sp³-hybridized carbons (Fsp3) is 0.400. The number of benzene rings is 2. The van der Waals surface area contributed by atoms with Crippen LogP contribution < -0.4 is 0 Å². The van der Waals surface area contributed by atoms with Crippen molar-refractivity contribution in [2.24, 2.45) is 12.0 Å². The van der Waals surface area contributed by atoms with E-state index in [0.29, 0.717) is 17.5 Å². The van der Waals surface area contributed by atoms with Crippen molar-refractivity contribution in [2.75, 3.05) is 6.54 Å². The minimum atomic E-state index is -2.31. The summed E-state index contributed by atoms with van der Waals surface area (Å²) in [5.74, 6) is 0.623. The predicted octanol–water partition coefficient (Wildman–Crippen LogP) is 4.36. The number of aromatic nitrogens is 2. The maximum absolute atomic E-state index is 12.9. The van der Waals surface area contributed by atoms with E-state index in [-0.39, 0.29) is 35.4 Å². The minimum Gasteiger partial charge on any atom is -0.560 e. The lowest BCUT2D eigenvalue weighted by Crippen LogP contribution is -2.39. The fourth-order valence-corrected chi connectivity index (χ4v) is 6.00. The number of hydrogen-bond donors (Lipinski definition) is 1. The van der Waals surface area contributed by atoms with Crippen molar-refractivity contribution in [1.29, 1.82) is 0 Å². The molecule has 3 aromatic rings. The Hall–Kier alpha value is -3.50. The smallest absolute Gasteiger partial charge is 0.323 e. The Morgan fingerprint density at radius 1 is 1.10 bits per heavy atom. The van der Waals surface area contributed by atoms with Crippen LogP contribution in [0.2, 0.25) is 18.1 Å². The molecule has 2 atom stereocenters. The highest BCUT2D eigenvalue weighted by atomic mass is 28.4. The number of nitrogens with zero attached hydrogens (tertiary/aromatic N) is 4. The third-order valence-electron chi connectivity index (χ3n) is 8.20. The zero-order valence-corrected chi connectivity index (χ0v) is 25.5. The van der Waals surface area contributed by atoms with E-state index in [2.05, 4.69) is 30.3 Å². The van der Waals surface area contributed by atoms with Crippen LogP contribution in [0.3, 0.4) is 0 Å². The number of carbonyl (C=O) groups excluding carboxylic acids is 2. The first-order valence-corrected chi connectivity index (χ1v) is 16.6. The van der Waals surface area contributed by atoms with Crippen LogP contribution in [0.1, 0.15) is 65.2 Å². The lowest BCUT2D eigenvalue weighted by atomic mass is 9.97. The normalized spacial score (nSPS) is 15.5. The van der Waals surface area contributed by atoms with Crippen LogP contribution in [0, 0.1) is 0 Å². The Bertz CT molecular complexity index is 1380. The van der Waals surface area contributed by atoms with Crippen molar-refractivity contribution in [2.45, 2.75) is 63.7 Å². The molecule has 0 bridgehead atoms. The van der Waals surface area contributed by atoms with Crippen molar-refractivity contribution in [3.8, 4) is 11.3 Å². The van der Waals surface area contributed by atoms with E-state index in [9.17, 15) is 14.4 Å². The number of rotatable bonds is 11. The summed E-state index contributed by atoms with van der Waals surface area (Å²) in [6.07, 6.45) is 4.80. The van der Waals surface area contributed by atoms with Gasteiger partial charge in [0.1, 0.15) is 5.82 Å². The molecule has 0 saturated carbocycles. The summed E-state index contributed by atoms with van der Waals surface area (Å²) in [4.78, 5) is 47.2. The Labute approximate surface area is 238 Å². The summed E-state index contributed by atoms with van der Waals surface area (Å²) in [6, 6.07) is 14.7. The van der Waals surface area contributed by atoms with Crippen molar-refractivity contribution < 1.29 is 19.0 Å². The zero-order chi connectivity index (χ0) is 29.2. The molecule has 1 aliphatic heterocycles. The van der Waals surface area contributed by atoms with Crippen molar-refractivity contribution in [3.05, 3.63) is 77.2 Å². The first-order chi connectivity index (χ1) is 18.8. The number of amides is 2. The highest BCUT2D eigenvalue weighted by Crippen LogP contribution is 2.43. The molecule has 4 rings (SSSR count). The maximum Gasteiger partial charge on any atom is 0.323 e. The van der Waals surface area contributed by atoms with Gasteiger partial charge in [-0.25, -0.2) is 4.98 Å². The lowest BCUT2D eigenvalue weighted by molar-refractivity contribution is 0.0645. The molecule has 40 heavy (non-hydrogen) atoms. The molecule has 0 aliphatic carbocycles. The molecule has 2 unspecified atom stereocenters. The molecule has 2 aromatic carbocycles. The van der Waals surface area contributed by atoms with E-state index in [4.69, 9.17) is 9.64 Å². The van der Waals surface area contributed by atoms with Gasteiger partial charge in [-0.15, -0.1) is 0 Å². The monoisotopic (exact) mass is 558 g/mol. The summed E-state index contributed by atoms with van der Waals surface area (Å²) < 4.78 is 7.12. The van der Waals surface area contributed by atoms with E-state index in [1.807, 2.05) is 50.6 Å². The van der Waals surface area contributed by atoms with Gasteiger partial charge in [-0.2, -0.15) is 0 Å². The second-order valence-electron chi connectivity index (χ2n) is 12.0. The number of fused-ring (bicyclic) bond motifs is 1. The Morgan fingerprint density at radius 2 is 1.70 bits per heavy atom. The van der Waals surface area contributed by atoms with Gasteiger partial charge in [0.15, 0.2) is 14.7 Å². The molecule has 0 spiro atoms. The third kappa shape index (κ3) is 6.13. The van der Waals surface area contributed by atoms with E-state index in [1.165, 1.54) is 19.3 Å². The van der Waals surface area contributed by atoms with Crippen LogP contribution in [-0.4, -0.2) is 66.4 Å². The maximum atomic E-state index is 12.9. The molecule has 1 aromatic heterocycles.